The van der Waals surface area contributed by atoms with Gasteiger partial charge >= 0.3 is 5.97 Å². The smallest absolute Gasteiger partial charge is 0.303 e. The van der Waals surface area contributed by atoms with Crippen LogP contribution in [0.25, 0.3) is 0 Å². The van der Waals surface area contributed by atoms with Crippen LogP contribution in [0.4, 0.5) is 5.69 Å². The molecule has 0 saturated heterocycles. The number of carbonyl (C=O) groups is 7. The highest BCUT2D eigenvalue weighted by Crippen LogP contribution is 2.51. The van der Waals surface area contributed by atoms with Gasteiger partial charge in [-0.1, -0.05) is 6.07 Å². The van der Waals surface area contributed by atoms with Crippen molar-refractivity contribution < 1.29 is 48.9 Å². The summed E-state index contributed by atoms with van der Waals surface area (Å²) in [5.41, 5.74) is 2.38. The molecule has 202 valence electrons. The molecule has 38 heavy (non-hydrogen) atoms. The molecule has 2 unspecified atom stereocenters. The number of anilines is 1. The fourth-order valence-electron chi connectivity index (χ4n) is 6.11. The van der Waals surface area contributed by atoms with Crippen molar-refractivity contribution in [3.63, 3.8) is 0 Å². The maximum Gasteiger partial charge on any atom is 0.303 e. The molecule has 3 aliphatic rings. The summed E-state index contributed by atoms with van der Waals surface area (Å²) in [7, 11) is 3.00. The van der Waals surface area contributed by atoms with Crippen LogP contribution in [0.2, 0.25) is 0 Å². The fraction of sp³-hybridized carbons (Fsp3) is 0.480. The van der Waals surface area contributed by atoms with Gasteiger partial charge in [-0.25, -0.2) is 0 Å². The number of ketones is 4. The van der Waals surface area contributed by atoms with E-state index in [0.29, 0.717) is 5.56 Å². The Labute approximate surface area is 216 Å². The molecule has 4 rings (SSSR count). The number of nitrogens with one attached hydrogen (secondary N) is 1. The van der Waals surface area contributed by atoms with Gasteiger partial charge in [0.2, 0.25) is 11.8 Å². The van der Waals surface area contributed by atoms with Gasteiger partial charge in [0.25, 0.3) is 0 Å². The van der Waals surface area contributed by atoms with Crippen LogP contribution in [0.1, 0.15) is 35.2 Å². The van der Waals surface area contributed by atoms with Gasteiger partial charge in [0.1, 0.15) is 5.75 Å². The molecule has 0 aliphatic heterocycles. The topological polar surface area (TPSA) is 221 Å². The molecule has 13 heteroatoms. The summed E-state index contributed by atoms with van der Waals surface area (Å²) in [5.74, 6) is -13.6. The number of aliphatic hydroxyl groups is 1. The molecule has 2 amide bonds. The second-order valence-electron chi connectivity index (χ2n) is 10.2. The zero-order valence-corrected chi connectivity index (χ0v) is 20.6. The van der Waals surface area contributed by atoms with Crippen LogP contribution in [-0.4, -0.2) is 86.9 Å². The number of aliphatic carboxylic acids is 1. The van der Waals surface area contributed by atoms with Crippen molar-refractivity contribution in [3.05, 3.63) is 23.3 Å². The number of hydrogen-bond acceptors (Lipinski definition) is 10. The Bertz CT molecular complexity index is 1300. The number of likely N-dealkylation sites (N-methyl/N-ethyl adjacent to an activating group) is 1. The van der Waals surface area contributed by atoms with Crippen LogP contribution in [0.3, 0.4) is 0 Å². The number of phenols is 1. The summed E-state index contributed by atoms with van der Waals surface area (Å²) >= 11 is 0. The number of amides is 2. The van der Waals surface area contributed by atoms with Gasteiger partial charge in [-0.15, -0.1) is 0 Å². The predicted molar refractivity (Wildman–Crippen MR) is 127 cm³/mol. The molecule has 0 aromatic heterocycles. The highest BCUT2D eigenvalue weighted by Gasteiger charge is 2.69. The Morgan fingerprint density at radius 2 is 1.76 bits per heavy atom. The monoisotopic (exact) mass is 529 g/mol. The molecule has 0 heterocycles. The normalized spacial score (nSPS) is 30.4. The number of carboxylic acids is 1. The van der Waals surface area contributed by atoms with E-state index in [-0.39, 0.29) is 30.5 Å². The van der Waals surface area contributed by atoms with Crippen LogP contribution in [0.5, 0.6) is 5.75 Å². The largest absolute Gasteiger partial charge is 0.505 e. The Morgan fingerprint density at radius 3 is 2.34 bits per heavy atom. The van der Waals surface area contributed by atoms with Crippen molar-refractivity contribution in [1.82, 2.24) is 4.90 Å². The zero-order valence-electron chi connectivity index (χ0n) is 20.6. The minimum absolute atomic E-state index is 0.0711. The van der Waals surface area contributed by atoms with E-state index in [1.54, 1.807) is 0 Å². The average Bonchev–Trinajstić information content (AvgIpc) is 2.81. The molecule has 0 bridgehead atoms. The fourth-order valence-corrected chi connectivity index (χ4v) is 6.11. The molecular weight excluding hydrogens is 502 g/mol. The van der Waals surface area contributed by atoms with E-state index in [2.05, 4.69) is 5.32 Å². The molecule has 2 saturated carbocycles. The molecular formula is C25H27N3O10. The lowest BCUT2D eigenvalue weighted by Crippen LogP contribution is -2.74. The number of benzene rings is 1. The van der Waals surface area contributed by atoms with E-state index < -0.39 is 88.4 Å². The van der Waals surface area contributed by atoms with Gasteiger partial charge in [-0.05, 0) is 44.5 Å². The summed E-state index contributed by atoms with van der Waals surface area (Å²) < 4.78 is 0. The number of phenolic OH excluding ortho intramolecular Hbond substituents is 1. The molecule has 1 aromatic carbocycles. The Balaban J connectivity index is 1.74. The first-order valence-electron chi connectivity index (χ1n) is 11.9. The van der Waals surface area contributed by atoms with E-state index >= 15 is 0 Å². The van der Waals surface area contributed by atoms with Gasteiger partial charge in [0, 0.05) is 12.3 Å². The quantitative estimate of drug-likeness (QED) is 0.214. The number of aromatic hydroxyl groups is 1. The lowest BCUT2D eigenvalue weighted by Gasteiger charge is -2.52. The average molecular weight is 530 g/mol. The second kappa shape index (κ2) is 9.40. The highest BCUT2D eigenvalue weighted by molar-refractivity contribution is 6.32. The van der Waals surface area contributed by atoms with E-state index in [4.69, 9.17) is 10.8 Å². The minimum Gasteiger partial charge on any atom is -0.505 e. The molecule has 3 aliphatic carbocycles. The SMILES string of the molecule is CN(C)[C@@H]1C(=O)C(C(N)=O)C(=O)[C@@]2(O)C(=O)C3C(=O)c4c(ccc(NC(=O)CCC(=O)O)c4O)C[C@H]3C[C@@H]12. The van der Waals surface area contributed by atoms with Gasteiger partial charge in [-0.2, -0.15) is 0 Å². The summed E-state index contributed by atoms with van der Waals surface area (Å²) in [6, 6.07) is 1.63. The number of nitrogens with two attached hydrogens (primary N) is 1. The molecule has 2 fully saturated rings. The lowest BCUT2D eigenvalue weighted by molar-refractivity contribution is -0.181. The third-order valence-electron chi connectivity index (χ3n) is 7.77. The third kappa shape index (κ3) is 3.98. The van der Waals surface area contributed by atoms with Crippen molar-refractivity contribution in [3.8, 4) is 5.75 Å². The molecule has 0 spiro atoms. The van der Waals surface area contributed by atoms with Crippen molar-refractivity contribution in [2.75, 3.05) is 19.4 Å². The summed E-state index contributed by atoms with van der Waals surface area (Å²) in [5, 5.41) is 33.4. The number of rotatable bonds is 6. The number of carboxylic acid groups (broad SMARTS) is 1. The van der Waals surface area contributed by atoms with Crippen LogP contribution in [-0.2, 0) is 35.2 Å². The first-order chi connectivity index (χ1) is 17.7. The van der Waals surface area contributed by atoms with Crippen LogP contribution in [0.15, 0.2) is 12.1 Å². The first kappa shape index (κ1) is 27.1. The van der Waals surface area contributed by atoms with Gasteiger partial charge in [0.15, 0.2) is 34.7 Å². The maximum absolute atomic E-state index is 13.7. The standard InChI is InChI=1S/C25H27N3O10/c1-28(2)18-11-8-10-7-9-3-4-12(27-13(29)5-6-14(30)31)19(32)15(9)20(33)16(10)22(35)25(11,38)23(36)17(21(18)34)24(26)37/h3-4,10-11,16-18,32,38H,5-8H2,1-2H3,(H2,26,37)(H,27,29)(H,30,31)/t10-,11-,16?,17?,18-,25-/m0/s1. The Kier molecular flexibility index (Phi) is 6.70. The van der Waals surface area contributed by atoms with E-state index in [1.807, 2.05) is 0 Å². The molecule has 1 aromatic rings. The van der Waals surface area contributed by atoms with Crippen molar-refractivity contribution in [1.29, 1.82) is 0 Å². The Morgan fingerprint density at radius 1 is 1.11 bits per heavy atom. The van der Waals surface area contributed by atoms with Crippen molar-refractivity contribution in [2.24, 2.45) is 29.4 Å². The van der Waals surface area contributed by atoms with Gasteiger partial charge in [0.05, 0.1) is 29.6 Å². The molecule has 13 nitrogen and oxygen atoms in total. The van der Waals surface area contributed by atoms with E-state index in [1.165, 1.54) is 31.1 Å². The minimum atomic E-state index is -2.82. The van der Waals surface area contributed by atoms with Crippen LogP contribution >= 0.6 is 0 Å². The van der Waals surface area contributed by atoms with Crippen LogP contribution in [0, 0.1) is 23.7 Å². The molecule has 6 N–H and O–H groups in total. The first-order valence-corrected chi connectivity index (χ1v) is 11.9. The maximum atomic E-state index is 13.7. The van der Waals surface area contributed by atoms with Crippen LogP contribution < -0.4 is 11.1 Å². The number of Topliss-reactive ketones (excluding diaryl/α,β-unsaturated/α-hetero) is 4. The number of carbonyl (C=O) groups excluding carboxylic acids is 6. The summed E-state index contributed by atoms with van der Waals surface area (Å²) in [6.45, 7) is 0. The van der Waals surface area contributed by atoms with Gasteiger partial charge in [-0.3, -0.25) is 38.5 Å². The number of primary amides is 1. The van der Waals surface area contributed by atoms with Crippen molar-refractivity contribution >= 4 is 46.6 Å². The summed E-state index contributed by atoms with van der Waals surface area (Å²) in [6.07, 6.45) is -0.817. The van der Waals surface area contributed by atoms with E-state index in [9.17, 15) is 43.8 Å². The lowest BCUT2D eigenvalue weighted by atomic mass is 9.52. The second-order valence-corrected chi connectivity index (χ2v) is 10.2. The highest BCUT2D eigenvalue weighted by atomic mass is 16.4. The number of hydrogen-bond donors (Lipinski definition) is 5. The number of fused-ring (bicyclic) bond motifs is 3. The predicted octanol–water partition coefficient (Wildman–Crippen LogP) is -1.33. The Hall–Kier alpha value is -3.97. The summed E-state index contributed by atoms with van der Waals surface area (Å²) in [4.78, 5) is 89.8. The molecule has 0 radical (unpaired) electrons. The zero-order chi connectivity index (χ0) is 28.3. The third-order valence-corrected chi connectivity index (χ3v) is 7.77. The number of nitrogens with zero attached hydrogens (tertiary/aromatic N) is 1. The molecule has 6 atom stereocenters. The van der Waals surface area contributed by atoms with Gasteiger partial charge < -0.3 is 26.4 Å². The van der Waals surface area contributed by atoms with Crippen molar-refractivity contribution in [2.45, 2.75) is 37.3 Å². The van der Waals surface area contributed by atoms with E-state index in [0.717, 1.165) is 0 Å².